The molecule has 2 amide bonds. The molecule has 1 aromatic rings. The van der Waals surface area contributed by atoms with E-state index in [9.17, 15) is 4.79 Å². The summed E-state index contributed by atoms with van der Waals surface area (Å²) in [6, 6.07) is 2.35. The molecule has 2 aliphatic heterocycles. The van der Waals surface area contributed by atoms with Crippen molar-refractivity contribution < 1.29 is 9.53 Å². The Balaban J connectivity index is 1.41. The zero-order chi connectivity index (χ0) is 17.2. The summed E-state index contributed by atoms with van der Waals surface area (Å²) in [6.45, 7) is 4.50. The topological polar surface area (TPSA) is 61.8 Å². The van der Waals surface area contributed by atoms with Gasteiger partial charge in [-0.25, -0.2) is 14.8 Å². The fourth-order valence-electron chi connectivity index (χ4n) is 3.69. The number of hydrogen-bond acceptors (Lipinski definition) is 5. The Morgan fingerprint density at radius 1 is 1.24 bits per heavy atom. The zero-order valence-corrected chi connectivity index (χ0v) is 14.9. The van der Waals surface area contributed by atoms with E-state index in [1.54, 1.807) is 0 Å². The average Bonchev–Trinajstić information content (AvgIpc) is 3.53. The first-order valence-corrected chi connectivity index (χ1v) is 9.40. The maximum atomic E-state index is 12.7. The fourth-order valence-corrected chi connectivity index (χ4v) is 3.69. The second-order valence-corrected chi connectivity index (χ2v) is 7.28. The number of morpholine rings is 1. The van der Waals surface area contributed by atoms with Crippen LogP contribution in [0.15, 0.2) is 12.3 Å². The van der Waals surface area contributed by atoms with Crippen molar-refractivity contribution in [2.45, 2.75) is 37.6 Å². The van der Waals surface area contributed by atoms with Crippen molar-refractivity contribution in [3.05, 3.63) is 18.1 Å². The Morgan fingerprint density at radius 2 is 2.04 bits per heavy atom. The van der Waals surface area contributed by atoms with Gasteiger partial charge >= 0.3 is 6.03 Å². The summed E-state index contributed by atoms with van der Waals surface area (Å²) in [5.74, 6) is 2.55. The molecule has 3 aliphatic rings. The molecule has 0 spiro atoms. The number of aromatic nitrogens is 2. The SMILES string of the molecule is CN(C(=O)N1CCOCC1)C1CCCN(c2ccnc(C3CC3)n2)C1. The third kappa shape index (κ3) is 3.71. The number of amides is 2. The van der Waals surface area contributed by atoms with Crippen molar-refractivity contribution in [2.24, 2.45) is 0 Å². The van der Waals surface area contributed by atoms with E-state index in [0.717, 1.165) is 37.6 Å². The van der Waals surface area contributed by atoms with E-state index < -0.39 is 0 Å². The van der Waals surface area contributed by atoms with Crippen molar-refractivity contribution in [3.8, 4) is 0 Å². The maximum Gasteiger partial charge on any atom is 0.320 e. The largest absolute Gasteiger partial charge is 0.378 e. The molecule has 25 heavy (non-hydrogen) atoms. The number of piperidine rings is 1. The van der Waals surface area contributed by atoms with Crippen LogP contribution in [-0.4, -0.2) is 78.3 Å². The average molecular weight is 345 g/mol. The second kappa shape index (κ2) is 7.15. The summed E-state index contributed by atoms with van der Waals surface area (Å²) in [5.41, 5.74) is 0. The molecule has 3 fully saturated rings. The summed E-state index contributed by atoms with van der Waals surface area (Å²) in [4.78, 5) is 28.1. The smallest absolute Gasteiger partial charge is 0.320 e. The van der Waals surface area contributed by atoms with Crippen LogP contribution in [0.1, 0.15) is 37.4 Å². The maximum absolute atomic E-state index is 12.7. The first kappa shape index (κ1) is 16.6. The normalized spacial score (nSPS) is 24.3. The monoisotopic (exact) mass is 345 g/mol. The van der Waals surface area contributed by atoms with Crippen LogP contribution < -0.4 is 4.90 Å². The van der Waals surface area contributed by atoms with E-state index in [2.05, 4.69) is 9.88 Å². The van der Waals surface area contributed by atoms with Crippen molar-refractivity contribution in [1.29, 1.82) is 0 Å². The number of carbonyl (C=O) groups is 1. The van der Waals surface area contributed by atoms with Crippen LogP contribution in [-0.2, 0) is 4.74 Å². The van der Waals surface area contributed by atoms with Crippen LogP contribution in [0.3, 0.4) is 0 Å². The number of carbonyl (C=O) groups excluding carboxylic acids is 1. The van der Waals surface area contributed by atoms with Crippen LogP contribution in [0.4, 0.5) is 10.6 Å². The predicted octanol–water partition coefficient (Wildman–Crippen LogP) is 1.71. The van der Waals surface area contributed by atoms with Gasteiger partial charge in [-0.3, -0.25) is 0 Å². The van der Waals surface area contributed by atoms with Gasteiger partial charge in [0.25, 0.3) is 0 Å². The number of hydrogen-bond donors (Lipinski definition) is 0. The molecular formula is C18H27N5O2. The van der Waals surface area contributed by atoms with Gasteiger partial charge in [0, 0.05) is 45.3 Å². The molecule has 1 aromatic heterocycles. The van der Waals surface area contributed by atoms with Crippen LogP contribution in [0.25, 0.3) is 0 Å². The van der Waals surface area contributed by atoms with Gasteiger partial charge in [0.15, 0.2) is 0 Å². The van der Waals surface area contributed by atoms with E-state index in [0.29, 0.717) is 32.2 Å². The van der Waals surface area contributed by atoms with Gasteiger partial charge in [0.2, 0.25) is 0 Å². The Labute approximate surface area is 149 Å². The number of urea groups is 1. The molecule has 136 valence electrons. The second-order valence-electron chi connectivity index (χ2n) is 7.28. The molecule has 0 N–H and O–H groups in total. The number of likely N-dealkylation sites (N-methyl/N-ethyl adjacent to an activating group) is 1. The lowest BCUT2D eigenvalue weighted by atomic mass is 10.0. The number of nitrogens with zero attached hydrogens (tertiary/aromatic N) is 5. The summed E-state index contributed by atoms with van der Waals surface area (Å²) >= 11 is 0. The molecule has 0 radical (unpaired) electrons. The van der Waals surface area contributed by atoms with Gasteiger partial charge in [0.05, 0.1) is 19.3 Å². The van der Waals surface area contributed by atoms with E-state index in [4.69, 9.17) is 9.72 Å². The van der Waals surface area contributed by atoms with Crippen molar-refractivity contribution in [2.75, 3.05) is 51.3 Å². The van der Waals surface area contributed by atoms with Crippen LogP contribution in [0.2, 0.25) is 0 Å². The Hall–Kier alpha value is -1.89. The highest BCUT2D eigenvalue weighted by atomic mass is 16.5. The zero-order valence-electron chi connectivity index (χ0n) is 14.9. The van der Waals surface area contributed by atoms with Crippen LogP contribution >= 0.6 is 0 Å². The Bertz CT molecular complexity index is 615. The fraction of sp³-hybridized carbons (Fsp3) is 0.722. The Morgan fingerprint density at radius 3 is 2.80 bits per heavy atom. The number of rotatable bonds is 3. The van der Waals surface area contributed by atoms with Crippen LogP contribution in [0.5, 0.6) is 0 Å². The minimum absolute atomic E-state index is 0.122. The lowest BCUT2D eigenvalue weighted by molar-refractivity contribution is 0.0414. The number of anilines is 1. The molecule has 3 heterocycles. The number of ether oxygens (including phenoxy) is 1. The van der Waals surface area contributed by atoms with Gasteiger partial charge in [-0.15, -0.1) is 0 Å². The summed E-state index contributed by atoms with van der Waals surface area (Å²) in [7, 11) is 1.93. The highest BCUT2D eigenvalue weighted by molar-refractivity contribution is 5.74. The molecule has 1 aliphatic carbocycles. The van der Waals surface area contributed by atoms with Gasteiger partial charge in [-0.1, -0.05) is 0 Å². The first-order valence-electron chi connectivity index (χ1n) is 9.40. The van der Waals surface area contributed by atoms with E-state index in [1.165, 1.54) is 12.8 Å². The van der Waals surface area contributed by atoms with E-state index >= 15 is 0 Å². The van der Waals surface area contributed by atoms with E-state index in [-0.39, 0.29) is 12.1 Å². The first-order chi connectivity index (χ1) is 12.2. The standard InChI is InChI=1S/C18H27N5O2/c1-21(18(24)22-9-11-25-12-10-22)15-3-2-8-23(13-15)16-6-7-19-17(20-16)14-4-5-14/h6-7,14-15H,2-5,8-13H2,1H3. The highest BCUT2D eigenvalue weighted by Gasteiger charge is 2.31. The van der Waals surface area contributed by atoms with Crippen molar-refractivity contribution in [3.63, 3.8) is 0 Å². The van der Waals surface area contributed by atoms with Gasteiger partial charge in [-0.2, -0.15) is 0 Å². The van der Waals surface area contributed by atoms with Crippen LogP contribution in [0, 0.1) is 0 Å². The minimum atomic E-state index is 0.122. The summed E-state index contributed by atoms with van der Waals surface area (Å²) < 4.78 is 5.35. The minimum Gasteiger partial charge on any atom is -0.378 e. The van der Waals surface area contributed by atoms with Crippen molar-refractivity contribution >= 4 is 11.8 Å². The summed E-state index contributed by atoms with van der Waals surface area (Å²) in [6.07, 6.45) is 6.42. The molecule has 0 bridgehead atoms. The molecule has 7 nitrogen and oxygen atoms in total. The van der Waals surface area contributed by atoms with Gasteiger partial charge < -0.3 is 19.4 Å². The Kier molecular flexibility index (Phi) is 4.74. The quantitative estimate of drug-likeness (QED) is 0.834. The lowest BCUT2D eigenvalue weighted by Gasteiger charge is -2.40. The van der Waals surface area contributed by atoms with E-state index in [1.807, 2.05) is 29.1 Å². The third-order valence-corrected chi connectivity index (χ3v) is 5.45. The molecule has 4 rings (SSSR count). The van der Waals surface area contributed by atoms with Gasteiger partial charge in [0.1, 0.15) is 11.6 Å². The third-order valence-electron chi connectivity index (χ3n) is 5.45. The summed E-state index contributed by atoms with van der Waals surface area (Å²) in [5, 5.41) is 0. The molecule has 0 aromatic carbocycles. The molecule has 7 heteroatoms. The van der Waals surface area contributed by atoms with Gasteiger partial charge in [-0.05, 0) is 31.7 Å². The highest BCUT2D eigenvalue weighted by Crippen LogP contribution is 2.38. The molecule has 2 saturated heterocycles. The lowest BCUT2D eigenvalue weighted by Crippen LogP contribution is -2.54. The molecule has 1 unspecified atom stereocenters. The molecule has 1 atom stereocenters. The predicted molar refractivity (Wildman–Crippen MR) is 94.8 cm³/mol. The molecule has 1 saturated carbocycles. The molecular weight excluding hydrogens is 318 g/mol. The van der Waals surface area contributed by atoms with Crippen molar-refractivity contribution in [1.82, 2.24) is 19.8 Å².